The second kappa shape index (κ2) is 8.54. The van der Waals surface area contributed by atoms with E-state index in [1.54, 1.807) is 0 Å². The van der Waals surface area contributed by atoms with Gasteiger partial charge in [-0.05, 0) is 19.4 Å². The first kappa shape index (κ1) is 22.5. The van der Waals surface area contributed by atoms with Gasteiger partial charge in [0, 0.05) is 56.9 Å². The molecule has 1 aliphatic rings. The summed E-state index contributed by atoms with van der Waals surface area (Å²) < 4.78 is 1.95. The van der Waals surface area contributed by atoms with E-state index in [4.69, 9.17) is 11.6 Å². The first-order valence-corrected chi connectivity index (χ1v) is 7.34. The van der Waals surface area contributed by atoms with Crippen LogP contribution in [0.3, 0.4) is 0 Å². The Morgan fingerprint density at radius 2 is 1.83 bits per heavy atom. The molecule has 3 rings (SSSR count). The van der Waals surface area contributed by atoms with Crippen LogP contribution in [0.5, 0.6) is 0 Å². The minimum absolute atomic E-state index is 0. The molecule has 2 aromatic rings. The summed E-state index contributed by atoms with van der Waals surface area (Å²) >= 11 is 6.54. The molecule has 1 aromatic heterocycles. The Morgan fingerprint density at radius 1 is 1.17 bits per heavy atom. The number of fused-ring (bicyclic) bond motifs is 1. The second-order valence-corrected chi connectivity index (χ2v) is 5.73. The van der Waals surface area contributed by atoms with Crippen LogP contribution in [0, 0.1) is 20.4 Å². The van der Waals surface area contributed by atoms with Crippen molar-refractivity contribution in [1.29, 1.82) is 0 Å². The maximum Gasteiger partial charge on any atom is 0.0688 e. The van der Waals surface area contributed by atoms with Crippen LogP contribution in [0.15, 0.2) is 12.1 Å². The van der Waals surface area contributed by atoms with Crippen LogP contribution in [0.25, 0.3) is 16.7 Å². The van der Waals surface area contributed by atoms with Crippen molar-refractivity contribution in [3.8, 4) is 11.1 Å². The van der Waals surface area contributed by atoms with Crippen molar-refractivity contribution in [2.45, 2.75) is 33.6 Å². The molecule has 0 saturated carbocycles. The van der Waals surface area contributed by atoms with Gasteiger partial charge < -0.3 is 7.43 Å². The third-order valence-electron chi connectivity index (χ3n) is 4.15. The van der Waals surface area contributed by atoms with Crippen molar-refractivity contribution in [2.24, 2.45) is 7.05 Å². The first-order valence-electron chi connectivity index (χ1n) is 6.96. The van der Waals surface area contributed by atoms with Gasteiger partial charge in [0.05, 0.1) is 5.69 Å². The topological polar surface area (TPSA) is 17.8 Å². The van der Waals surface area contributed by atoms with Crippen LogP contribution < -0.4 is 0 Å². The van der Waals surface area contributed by atoms with Gasteiger partial charge in [-0.25, -0.2) is 5.57 Å². The van der Waals surface area contributed by atoms with Crippen molar-refractivity contribution >= 4 is 17.2 Å². The van der Waals surface area contributed by atoms with E-state index in [1.807, 2.05) is 17.8 Å². The molecule has 1 aliphatic carbocycles. The summed E-state index contributed by atoms with van der Waals surface area (Å²) in [5.41, 5.74) is 8.36. The Morgan fingerprint density at radius 3 is 2.43 bits per heavy atom. The summed E-state index contributed by atoms with van der Waals surface area (Å²) in [6.45, 7) is 6.36. The van der Waals surface area contributed by atoms with Crippen LogP contribution in [-0.2, 0) is 53.4 Å². The molecule has 0 saturated heterocycles. The number of halogens is 1. The third kappa shape index (κ3) is 3.61. The Bertz CT molecular complexity index is 733. The fraction of sp³-hybridized carbons (Fsp3) is 0.333. The Labute approximate surface area is 165 Å². The van der Waals surface area contributed by atoms with E-state index in [0.29, 0.717) is 0 Å². The summed E-state index contributed by atoms with van der Waals surface area (Å²) in [5.74, 6) is 0. The number of hydrogen-bond donors (Lipinski definition) is 0. The quantitative estimate of drug-likeness (QED) is 0.640. The minimum Gasteiger partial charge on any atom is -0.358 e. The molecule has 5 heteroatoms. The van der Waals surface area contributed by atoms with Gasteiger partial charge >= 0.3 is 0 Å². The van der Waals surface area contributed by atoms with Gasteiger partial charge in [0.1, 0.15) is 0 Å². The van der Waals surface area contributed by atoms with Gasteiger partial charge in [-0.3, -0.25) is 10.8 Å². The number of allylic oxidation sites excluding steroid dienone is 2. The molecule has 0 N–H and O–H groups in total. The molecule has 0 spiro atoms. The molecular formula is C18H21ClCo2N2-2. The molecule has 23 heavy (non-hydrogen) atoms. The van der Waals surface area contributed by atoms with Crippen molar-refractivity contribution < 1.29 is 33.6 Å². The van der Waals surface area contributed by atoms with Crippen molar-refractivity contribution in [2.75, 3.05) is 0 Å². The molecule has 2 radical (unpaired) electrons. The Balaban J connectivity index is 0.00000161. The third-order valence-corrected chi connectivity index (χ3v) is 4.47. The monoisotopic (exact) mass is 418 g/mol. The van der Waals surface area contributed by atoms with Crippen LogP contribution in [0.4, 0.5) is 0 Å². The summed E-state index contributed by atoms with van der Waals surface area (Å²) in [6, 6.07) is 4.11. The smallest absolute Gasteiger partial charge is 0.0688 e. The molecular weight excluding hydrogens is 398 g/mol. The van der Waals surface area contributed by atoms with Crippen LogP contribution >= 0.6 is 11.6 Å². The SMILES string of the molecule is CCc1nn(C)c(C)c1-c1c(Cl)ccc2c1C(C)=[C-]C2.[CH3-].[Co].[Co]. The Kier molecular flexibility index (Phi) is 8.34. The maximum absolute atomic E-state index is 6.54. The van der Waals surface area contributed by atoms with Crippen molar-refractivity contribution in [3.63, 3.8) is 0 Å². The van der Waals surface area contributed by atoms with Crippen LogP contribution in [-0.4, -0.2) is 9.78 Å². The van der Waals surface area contributed by atoms with E-state index in [-0.39, 0.29) is 41.0 Å². The predicted molar refractivity (Wildman–Crippen MR) is 90.2 cm³/mol. The van der Waals surface area contributed by atoms with E-state index in [1.165, 1.54) is 22.3 Å². The maximum atomic E-state index is 6.54. The number of nitrogens with zero attached hydrogens (tertiary/aromatic N) is 2. The predicted octanol–water partition coefficient (Wildman–Crippen LogP) is 4.82. The zero-order valence-corrected chi connectivity index (χ0v) is 16.8. The average Bonchev–Trinajstić information content (AvgIpc) is 2.93. The zero-order chi connectivity index (χ0) is 14.4. The molecule has 0 bridgehead atoms. The molecule has 0 atom stereocenters. The first-order chi connectivity index (χ1) is 9.54. The number of hydrogen-bond acceptors (Lipinski definition) is 1. The summed E-state index contributed by atoms with van der Waals surface area (Å²) in [4.78, 5) is 0. The molecule has 0 fully saturated rings. The fourth-order valence-electron chi connectivity index (χ4n) is 3.01. The van der Waals surface area contributed by atoms with Gasteiger partial charge in [-0.2, -0.15) is 10.7 Å². The van der Waals surface area contributed by atoms with E-state index in [0.717, 1.165) is 34.8 Å². The second-order valence-electron chi connectivity index (χ2n) is 5.32. The molecule has 2 nitrogen and oxygen atoms in total. The van der Waals surface area contributed by atoms with Crippen molar-refractivity contribution in [1.82, 2.24) is 9.78 Å². The Hall–Kier alpha value is -0.527. The number of rotatable bonds is 2. The number of aromatic nitrogens is 2. The average molecular weight is 419 g/mol. The molecule has 0 aliphatic heterocycles. The normalized spacial score (nSPS) is 11.8. The van der Waals surface area contributed by atoms with E-state index >= 15 is 0 Å². The minimum atomic E-state index is 0. The van der Waals surface area contributed by atoms with Gasteiger partial charge in [0.25, 0.3) is 0 Å². The standard InChI is InChI=1S/C17H18ClN2.CH3.2Co/c1-5-14-16(11(3)20(4)19-14)17-13(18)9-8-12-7-6-10(2)15(12)17;;;/h8-9H,5,7H2,1-4H3;1H3;;/q2*-1;;. The molecule has 1 heterocycles. The van der Waals surface area contributed by atoms with Gasteiger partial charge in [-0.1, -0.05) is 37.1 Å². The largest absolute Gasteiger partial charge is 0.358 e. The number of benzene rings is 1. The van der Waals surface area contributed by atoms with Gasteiger partial charge in [0.15, 0.2) is 0 Å². The van der Waals surface area contributed by atoms with E-state index < -0.39 is 0 Å². The van der Waals surface area contributed by atoms with Crippen LogP contribution in [0.2, 0.25) is 5.02 Å². The van der Waals surface area contributed by atoms with Gasteiger partial charge in [-0.15, -0.1) is 12.0 Å². The molecule has 0 unspecified atom stereocenters. The van der Waals surface area contributed by atoms with Crippen molar-refractivity contribution in [3.05, 3.63) is 53.2 Å². The molecule has 130 valence electrons. The summed E-state index contributed by atoms with van der Waals surface area (Å²) in [6.07, 6.45) is 5.20. The van der Waals surface area contributed by atoms with E-state index in [9.17, 15) is 0 Å². The fourth-order valence-corrected chi connectivity index (χ4v) is 3.26. The van der Waals surface area contributed by atoms with E-state index in [2.05, 4.69) is 38.0 Å². The summed E-state index contributed by atoms with van der Waals surface area (Å²) in [5, 5.41) is 5.43. The summed E-state index contributed by atoms with van der Waals surface area (Å²) in [7, 11) is 1.99. The number of aryl methyl sites for hydroxylation is 2. The molecule has 1 aromatic carbocycles. The molecule has 0 amide bonds. The zero-order valence-electron chi connectivity index (χ0n) is 14.0. The van der Waals surface area contributed by atoms with Crippen LogP contribution in [0.1, 0.15) is 36.4 Å². The van der Waals surface area contributed by atoms with Gasteiger partial charge in [0.2, 0.25) is 0 Å².